The summed E-state index contributed by atoms with van der Waals surface area (Å²) < 4.78 is 6.02. The van der Waals surface area contributed by atoms with Gasteiger partial charge in [0, 0.05) is 50.4 Å². The van der Waals surface area contributed by atoms with Gasteiger partial charge in [0.2, 0.25) is 11.8 Å². The molecule has 0 atom stereocenters. The van der Waals surface area contributed by atoms with Gasteiger partial charge in [-0.25, -0.2) is 4.98 Å². The summed E-state index contributed by atoms with van der Waals surface area (Å²) >= 11 is 0. The van der Waals surface area contributed by atoms with E-state index in [1.165, 1.54) is 6.42 Å². The predicted molar refractivity (Wildman–Crippen MR) is 130 cm³/mol. The highest BCUT2D eigenvalue weighted by atomic mass is 16.4. The molecule has 0 bridgehead atoms. The third-order valence-electron chi connectivity index (χ3n) is 6.68. The average molecular weight is 459 g/mol. The van der Waals surface area contributed by atoms with Gasteiger partial charge in [0.1, 0.15) is 0 Å². The SMILES string of the molecule is O=C(CN1CCN(C(=O)c2ccccc2-c2ncc(-c3ccccc3)o2)CC1)N1CCCCC1. The van der Waals surface area contributed by atoms with E-state index in [2.05, 4.69) is 9.88 Å². The number of piperazine rings is 1. The van der Waals surface area contributed by atoms with Crippen molar-refractivity contribution in [2.24, 2.45) is 0 Å². The minimum Gasteiger partial charge on any atom is -0.436 e. The third-order valence-corrected chi connectivity index (χ3v) is 6.68. The number of rotatable bonds is 5. The van der Waals surface area contributed by atoms with Crippen molar-refractivity contribution in [1.29, 1.82) is 0 Å². The summed E-state index contributed by atoms with van der Waals surface area (Å²) in [6.45, 7) is 4.79. The van der Waals surface area contributed by atoms with Gasteiger partial charge in [0.25, 0.3) is 5.91 Å². The first-order valence-corrected chi connectivity index (χ1v) is 12.1. The third kappa shape index (κ3) is 4.89. The molecule has 0 saturated carbocycles. The van der Waals surface area contributed by atoms with Crippen molar-refractivity contribution in [3.63, 3.8) is 0 Å². The van der Waals surface area contributed by atoms with Gasteiger partial charge in [-0.15, -0.1) is 0 Å². The normalized spacial score (nSPS) is 17.1. The molecule has 2 fully saturated rings. The summed E-state index contributed by atoms with van der Waals surface area (Å²) in [5.41, 5.74) is 2.22. The Kier molecular flexibility index (Phi) is 6.72. The van der Waals surface area contributed by atoms with E-state index in [0.717, 1.165) is 31.5 Å². The molecule has 7 nitrogen and oxygen atoms in total. The van der Waals surface area contributed by atoms with Gasteiger partial charge in [0.05, 0.1) is 18.3 Å². The maximum atomic E-state index is 13.4. The molecule has 0 aliphatic carbocycles. The number of nitrogens with zero attached hydrogens (tertiary/aromatic N) is 4. The van der Waals surface area contributed by atoms with Crippen LogP contribution in [-0.4, -0.2) is 77.3 Å². The van der Waals surface area contributed by atoms with Crippen LogP contribution in [0.2, 0.25) is 0 Å². The molecule has 0 radical (unpaired) electrons. The number of amides is 2. The Morgan fingerprint density at radius 1 is 0.794 bits per heavy atom. The number of aromatic nitrogens is 1. The molecule has 3 heterocycles. The van der Waals surface area contributed by atoms with E-state index in [1.54, 1.807) is 6.20 Å². The summed E-state index contributed by atoms with van der Waals surface area (Å²) in [6.07, 6.45) is 5.12. The Morgan fingerprint density at radius 2 is 1.50 bits per heavy atom. The fourth-order valence-corrected chi connectivity index (χ4v) is 4.70. The lowest BCUT2D eigenvalue weighted by Crippen LogP contribution is -2.52. The van der Waals surface area contributed by atoms with Crippen molar-refractivity contribution in [1.82, 2.24) is 19.7 Å². The van der Waals surface area contributed by atoms with E-state index in [1.807, 2.05) is 64.4 Å². The van der Waals surface area contributed by atoms with Crippen LogP contribution in [0.5, 0.6) is 0 Å². The van der Waals surface area contributed by atoms with E-state index in [4.69, 9.17) is 4.42 Å². The van der Waals surface area contributed by atoms with Crippen molar-refractivity contribution in [3.8, 4) is 22.8 Å². The molecule has 2 aliphatic rings. The lowest BCUT2D eigenvalue weighted by molar-refractivity contribution is -0.133. The zero-order valence-electron chi connectivity index (χ0n) is 19.4. The minimum atomic E-state index is -0.0305. The summed E-state index contributed by atoms with van der Waals surface area (Å²) in [6, 6.07) is 17.3. The van der Waals surface area contributed by atoms with Gasteiger partial charge < -0.3 is 14.2 Å². The van der Waals surface area contributed by atoms with Gasteiger partial charge in [-0.05, 0) is 31.4 Å². The van der Waals surface area contributed by atoms with Gasteiger partial charge in [0.15, 0.2) is 5.76 Å². The van der Waals surface area contributed by atoms with Crippen LogP contribution in [0, 0.1) is 0 Å². The Morgan fingerprint density at radius 3 is 2.26 bits per heavy atom. The van der Waals surface area contributed by atoms with Gasteiger partial charge >= 0.3 is 0 Å². The van der Waals surface area contributed by atoms with Crippen LogP contribution in [0.15, 0.2) is 65.2 Å². The molecule has 0 spiro atoms. The fraction of sp³-hybridized carbons (Fsp3) is 0.370. The highest BCUT2D eigenvalue weighted by Crippen LogP contribution is 2.29. The number of carbonyl (C=O) groups is 2. The van der Waals surface area contributed by atoms with Crippen molar-refractivity contribution in [2.75, 3.05) is 45.8 Å². The summed E-state index contributed by atoms with van der Waals surface area (Å²) in [5.74, 6) is 1.29. The van der Waals surface area contributed by atoms with E-state index < -0.39 is 0 Å². The smallest absolute Gasteiger partial charge is 0.254 e. The molecule has 2 aliphatic heterocycles. The molecule has 34 heavy (non-hydrogen) atoms. The van der Waals surface area contributed by atoms with E-state index in [-0.39, 0.29) is 11.8 Å². The predicted octanol–water partition coefficient (Wildman–Crippen LogP) is 3.78. The first-order chi connectivity index (χ1) is 16.7. The highest BCUT2D eigenvalue weighted by Gasteiger charge is 2.27. The maximum absolute atomic E-state index is 13.4. The zero-order valence-corrected chi connectivity index (χ0v) is 19.4. The van der Waals surface area contributed by atoms with Crippen LogP contribution >= 0.6 is 0 Å². The molecule has 2 aromatic carbocycles. The number of benzene rings is 2. The van der Waals surface area contributed by atoms with E-state index in [9.17, 15) is 9.59 Å². The van der Waals surface area contributed by atoms with Crippen LogP contribution in [-0.2, 0) is 4.79 Å². The average Bonchev–Trinajstić information content (AvgIpc) is 3.40. The van der Waals surface area contributed by atoms with Crippen LogP contribution in [0.3, 0.4) is 0 Å². The molecule has 1 aromatic heterocycles. The Balaban J connectivity index is 1.24. The van der Waals surface area contributed by atoms with Crippen molar-refractivity contribution in [3.05, 3.63) is 66.4 Å². The molecule has 2 saturated heterocycles. The van der Waals surface area contributed by atoms with Crippen molar-refractivity contribution >= 4 is 11.8 Å². The number of oxazole rings is 1. The minimum absolute atomic E-state index is 0.0305. The number of hydrogen-bond donors (Lipinski definition) is 0. The first kappa shape index (κ1) is 22.3. The topological polar surface area (TPSA) is 69.9 Å². The maximum Gasteiger partial charge on any atom is 0.254 e. The molecule has 5 rings (SSSR count). The number of carbonyl (C=O) groups excluding carboxylic acids is 2. The van der Waals surface area contributed by atoms with E-state index in [0.29, 0.717) is 55.5 Å². The zero-order chi connectivity index (χ0) is 23.3. The first-order valence-electron chi connectivity index (χ1n) is 12.1. The molecule has 176 valence electrons. The lowest BCUT2D eigenvalue weighted by Gasteiger charge is -2.36. The number of piperidine rings is 1. The lowest BCUT2D eigenvalue weighted by atomic mass is 10.1. The van der Waals surface area contributed by atoms with Crippen LogP contribution in [0.4, 0.5) is 0 Å². The molecule has 0 N–H and O–H groups in total. The standard InChI is InChI=1S/C27H30N4O3/c32-25(30-13-7-2-8-14-30)20-29-15-17-31(18-16-29)27(33)23-12-6-5-11-22(23)26-28-19-24(34-26)21-9-3-1-4-10-21/h1,3-6,9-12,19H,2,7-8,13-18,20H2. The van der Waals surface area contributed by atoms with Crippen LogP contribution in [0.25, 0.3) is 22.8 Å². The van der Waals surface area contributed by atoms with Crippen LogP contribution in [0.1, 0.15) is 29.6 Å². The Hall–Kier alpha value is -3.45. The molecule has 0 unspecified atom stereocenters. The molecular formula is C27H30N4O3. The van der Waals surface area contributed by atoms with Gasteiger partial charge in [-0.2, -0.15) is 0 Å². The summed E-state index contributed by atoms with van der Waals surface area (Å²) in [4.78, 5) is 36.5. The molecule has 3 aromatic rings. The van der Waals surface area contributed by atoms with Crippen molar-refractivity contribution in [2.45, 2.75) is 19.3 Å². The second-order valence-corrected chi connectivity index (χ2v) is 8.95. The second-order valence-electron chi connectivity index (χ2n) is 8.95. The molecule has 2 amide bonds. The number of likely N-dealkylation sites (tertiary alicyclic amines) is 1. The van der Waals surface area contributed by atoms with Crippen LogP contribution < -0.4 is 0 Å². The Bertz CT molecular complexity index is 1130. The fourth-order valence-electron chi connectivity index (χ4n) is 4.70. The van der Waals surface area contributed by atoms with E-state index >= 15 is 0 Å². The number of hydrogen-bond acceptors (Lipinski definition) is 5. The largest absolute Gasteiger partial charge is 0.436 e. The summed E-state index contributed by atoms with van der Waals surface area (Å²) in [7, 11) is 0. The van der Waals surface area contributed by atoms with Gasteiger partial charge in [-0.3, -0.25) is 14.5 Å². The second kappa shape index (κ2) is 10.2. The highest BCUT2D eigenvalue weighted by molar-refractivity contribution is 6.00. The molecular weight excluding hydrogens is 428 g/mol. The quantitative estimate of drug-likeness (QED) is 0.582. The monoisotopic (exact) mass is 458 g/mol. The Labute approximate surface area is 200 Å². The molecule has 7 heteroatoms. The van der Waals surface area contributed by atoms with Crippen molar-refractivity contribution < 1.29 is 14.0 Å². The summed E-state index contributed by atoms with van der Waals surface area (Å²) in [5, 5.41) is 0. The van der Waals surface area contributed by atoms with Gasteiger partial charge in [-0.1, -0.05) is 42.5 Å².